The molecule has 1 aromatic rings. The lowest BCUT2D eigenvalue weighted by Crippen LogP contribution is -2.31. The van der Waals surface area contributed by atoms with E-state index >= 15 is 0 Å². The van der Waals surface area contributed by atoms with Gasteiger partial charge in [-0.15, -0.1) is 3.89 Å². The molecule has 0 saturated carbocycles. The van der Waals surface area contributed by atoms with Crippen LogP contribution in [0.4, 0.5) is 17.1 Å². The van der Waals surface area contributed by atoms with Gasteiger partial charge >= 0.3 is 11.9 Å². The minimum absolute atomic E-state index is 0.105. The molecule has 4 nitrogen and oxygen atoms in total. The van der Waals surface area contributed by atoms with E-state index in [-0.39, 0.29) is 10.0 Å². The van der Waals surface area contributed by atoms with Crippen molar-refractivity contribution in [3.8, 4) is 0 Å². The van der Waals surface area contributed by atoms with Crippen molar-refractivity contribution in [3.05, 3.63) is 32.6 Å². The minimum Gasteiger partial charge on any atom is -0.273 e. The summed E-state index contributed by atoms with van der Waals surface area (Å²) in [7, 11) is 0. The number of rotatable bonds is 1. The summed E-state index contributed by atoms with van der Waals surface area (Å²) in [5.74, 6) is 0. The molecular weight excluding hydrogens is 228 g/mol. The molecule has 0 aliphatic rings. The van der Waals surface area contributed by atoms with Gasteiger partial charge in [-0.1, -0.05) is 0 Å². The smallest absolute Gasteiger partial charge is 0.273 e. The molecule has 0 atom stereocenters. The first-order chi connectivity index (χ1) is 6.36. The molecule has 0 fully saturated rings. The van der Waals surface area contributed by atoms with Crippen LogP contribution in [0.2, 0.25) is 0 Å². The molecule has 9 heteroatoms. The molecule has 0 saturated heterocycles. The molecule has 0 aromatic carbocycles. The maximum atomic E-state index is 12.1. The Hall–Kier alpha value is -1.25. The topological polar surface area (TPSA) is 54.9 Å². The van der Waals surface area contributed by atoms with Crippen LogP contribution in [-0.4, -0.2) is 8.96 Å². The summed E-state index contributed by atoms with van der Waals surface area (Å²) >= 11 is -0.928. The van der Waals surface area contributed by atoms with Crippen molar-refractivity contribution in [2.75, 3.05) is 0 Å². The Balaban J connectivity index is 3.57. The number of alkyl halides is 3. The number of nitrogens with one attached hydrogen (secondary N) is 1. The van der Waals surface area contributed by atoms with Crippen LogP contribution in [0.5, 0.6) is 0 Å². The first-order valence-electron chi connectivity index (χ1n) is 3.09. The summed E-state index contributed by atoms with van der Waals surface area (Å²) in [6, 6.07) is 0.105. The third-order valence-electron chi connectivity index (χ3n) is 1.26. The highest BCUT2D eigenvalue weighted by atomic mass is 32.2. The predicted molar refractivity (Wildman–Crippen MR) is 40.4 cm³/mol. The lowest BCUT2D eigenvalue weighted by molar-refractivity contribution is -0.142. The van der Waals surface area contributed by atoms with E-state index in [0.29, 0.717) is 0 Å². The van der Waals surface area contributed by atoms with E-state index < -0.39 is 35.5 Å². The lowest BCUT2D eigenvalue weighted by atomic mass is 10.4. The van der Waals surface area contributed by atoms with Crippen molar-refractivity contribution in [3.63, 3.8) is 0 Å². The third-order valence-corrected chi connectivity index (χ3v) is 1.76. The number of H-pyrrole nitrogens is 1. The van der Waals surface area contributed by atoms with E-state index in [2.05, 4.69) is 0 Å². The Kier molecular flexibility index (Phi) is 2.69. The van der Waals surface area contributed by atoms with Gasteiger partial charge in [0, 0.05) is 6.07 Å². The van der Waals surface area contributed by atoms with Crippen LogP contribution in [0.1, 0.15) is 5.69 Å². The first-order valence-corrected chi connectivity index (χ1v) is 3.76. The molecule has 0 amide bonds. The van der Waals surface area contributed by atoms with Gasteiger partial charge in [0.05, 0.1) is 0 Å². The van der Waals surface area contributed by atoms with Crippen LogP contribution < -0.4 is 11.2 Å². The molecule has 0 spiro atoms. The quantitative estimate of drug-likeness (QED) is 0.730. The minimum atomic E-state index is -4.95. The fraction of sp³-hybridized carbons (Fsp3) is 0.200. The van der Waals surface area contributed by atoms with Gasteiger partial charge in [0.25, 0.3) is 5.56 Å². The zero-order chi connectivity index (χ0) is 10.9. The fourth-order valence-corrected chi connectivity index (χ4v) is 1.09. The molecule has 1 aromatic heterocycles. The SMILES string of the molecule is O=c1cc(C(F)(F)F)n(SF)c(=O)[nH]1. The summed E-state index contributed by atoms with van der Waals surface area (Å²) in [6.07, 6.45) is -4.95. The van der Waals surface area contributed by atoms with Crippen LogP contribution in [0.3, 0.4) is 0 Å². The van der Waals surface area contributed by atoms with E-state index in [4.69, 9.17) is 0 Å². The Bertz CT molecular complexity index is 448. The van der Waals surface area contributed by atoms with Gasteiger partial charge in [-0.2, -0.15) is 13.2 Å². The van der Waals surface area contributed by atoms with Gasteiger partial charge in [-0.25, -0.2) is 8.77 Å². The Morgan fingerprint density at radius 1 is 1.36 bits per heavy atom. The van der Waals surface area contributed by atoms with Gasteiger partial charge in [-0.05, 0) is 0 Å². The summed E-state index contributed by atoms with van der Waals surface area (Å²) in [6.45, 7) is 0. The lowest BCUT2D eigenvalue weighted by Gasteiger charge is -2.09. The monoisotopic (exact) mass is 230 g/mol. The van der Waals surface area contributed by atoms with Crippen LogP contribution >= 0.6 is 12.3 Å². The Labute approximate surface area is 78.0 Å². The van der Waals surface area contributed by atoms with Crippen molar-refractivity contribution in [1.29, 1.82) is 0 Å². The number of hydrogen-bond acceptors (Lipinski definition) is 3. The van der Waals surface area contributed by atoms with Crippen molar-refractivity contribution >= 4 is 12.3 Å². The maximum absolute atomic E-state index is 12.1. The van der Waals surface area contributed by atoms with E-state index in [0.717, 1.165) is 0 Å². The maximum Gasteiger partial charge on any atom is 0.432 e. The average molecular weight is 230 g/mol. The van der Waals surface area contributed by atoms with Gasteiger partial charge in [-0.3, -0.25) is 9.78 Å². The molecule has 78 valence electrons. The third kappa shape index (κ3) is 1.97. The van der Waals surface area contributed by atoms with Gasteiger partial charge < -0.3 is 0 Å². The predicted octanol–water partition coefficient (Wildman–Crippen LogP) is 0.936. The standard InChI is InChI=1S/C5H2F4N2O2S/c6-5(7,8)2-1-3(12)10-4(13)11(2)14-9/h1H,(H,10,12,13). The highest BCUT2D eigenvalue weighted by Crippen LogP contribution is 2.29. The normalized spacial score (nSPS) is 11.7. The average Bonchev–Trinajstić information content (AvgIpc) is 2.01. The molecule has 0 unspecified atom stereocenters. The number of aromatic amines is 1. The number of halogens is 4. The van der Waals surface area contributed by atoms with Crippen LogP contribution in [-0.2, 0) is 6.18 Å². The van der Waals surface area contributed by atoms with Crippen molar-refractivity contribution in [1.82, 2.24) is 8.96 Å². The Morgan fingerprint density at radius 2 is 1.93 bits per heavy atom. The molecular formula is C5H2F4N2O2S. The van der Waals surface area contributed by atoms with Gasteiger partial charge in [0.15, 0.2) is 12.3 Å². The second kappa shape index (κ2) is 3.48. The molecule has 14 heavy (non-hydrogen) atoms. The number of hydrogen-bond donors (Lipinski definition) is 1. The van der Waals surface area contributed by atoms with Crippen LogP contribution in [0.25, 0.3) is 0 Å². The van der Waals surface area contributed by atoms with Crippen LogP contribution in [0.15, 0.2) is 15.7 Å². The van der Waals surface area contributed by atoms with Gasteiger partial charge in [0.2, 0.25) is 0 Å². The Morgan fingerprint density at radius 3 is 2.36 bits per heavy atom. The summed E-state index contributed by atoms with van der Waals surface area (Å²) < 4.78 is 48.0. The zero-order valence-electron chi connectivity index (χ0n) is 6.26. The molecule has 1 rings (SSSR count). The molecule has 0 bridgehead atoms. The molecule has 1 heterocycles. The van der Waals surface area contributed by atoms with Crippen LogP contribution in [0, 0.1) is 0 Å². The van der Waals surface area contributed by atoms with E-state index in [1.165, 1.54) is 4.98 Å². The largest absolute Gasteiger partial charge is 0.432 e. The van der Waals surface area contributed by atoms with E-state index in [9.17, 15) is 26.6 Å². The van der Waals surface area contributed by atoms with Crippen molar-refractivity contribution < 1.29 is 17.1 Å². The molecule has 1 N–H and O–H groups in total. The second-order valence-corrected chi connectivity index (χ2v) is 2.69. The molecule has 0 radical (unpaired) electrons. The second-order valence-electron chi connectivity index (χ2n) is 2.19. The zero-order valence-corrected chi connectivity index (χ0v) is 7.08. The summed E-state index contributed by atoms with van der Waals surface area (Å²) in [4.78, 5) is 22.7. The molecule has 0 aliphatic heterocycles. The van der Waals surface area contributed by atoms with Gasteiger partial charge in [0.1, 0.15) is 5.69 Å². The highest BCUT2D eigenvalue weighted by molar-refractivity contribution is 7.92. The first kappa shape index (κ1) is 10.8. The highest BCUT2D eigenvalue weighted by Gasteiger charge is 2.35. The number of nitrogens with zero attached hydrogens (tertiary/aromatic N) is 1. The van der Waals surface area contributed by atoms with Crippen molar-refractivity contribution in [2.45, 2.75) is 6.18 Å². The van der Waals surface area contributed by atoms with E-state index in [1.54, 1.807) is 0 Å². The number of aromatic nitrogens is 2. The van der Waals surface area contributed by atoms with Crippen molar-refractivity contribution in [2.24, 2.45) is 0 Å². The summed E-state index contributed by atoms with van der Waals surface area (Å²) in [5, 5.41) is 0. The van der Waals surface area contributed by atoms with E-state index in [1.807, 2.05) is 0 Å². The summed E-state index contributed by atoms with van der Waals surface area (Å²) in [5.41, 5.74) is -4.33. The fourth-order valence-electron chi connectivity index (χ4n) is 0.750. The molecule has 0 aliphatic carbocycles.